The number of nitrogens with zero attached hydrogens (tertiary/aromatic N) is 1. The lowest BCUT2D eigenvalue weighted by Crippen LogP contribution is -2.11. The largest absolute Gasteiger partial charge is 0.492 e. The SMILES string of the molecule is COc1ccc(NCCOc2cccc(Br)c2)cn1. The topological polar surface area (TPSA) is 43.4 Å². The number of methoxy groups -OCH3 is 1. The Morgan fingerprint density at radius 3 is 2.84 bits per heavy atom. The van der Waals surface area contributed by atoms with Crippen LogP contribution in [-0.2, 0) is 0 Å². The first-order chi connectivity index (χ1) is 9.28. The number of halogens is 1. The van der Waals surface area contributed by atoms with E-state index in [4.69, 9.17) is 9.47 Å². The molecule has 2 aromatic rings. The lowest BCUT2D eigenvalue weighted by Gasteiger charge is -2.09. The summed E-state index contributed by atoms with van der Waals surface area (Å²) in [6, 6.07) is 11.5. The maximum absolute atomic E-state index is 5.62. The molecule has 0 saturated carbocycles. The molecule has 1 aromatic carbocycles. The number of aromatic nitrogens is 1. The molecular weight excluding hydrogens is 308 g/mol. The third kappa shape index (κ3) is 4.44. The molecule has 0 unspecified atom stereocenters. The number of anilines is 1. The minimum Gasteiger partial charge on any atom is -0.492 e. The molecular formula is C14H15BrN2O2. The van der Waals surface area contributed by atoms with Gasteiger partial charge in [0.05, 0.1) is 19.0 Å². The van der Waals surface area contributed by atoms with Crippen LogP contribution in [0.3, 0.4) is 0 Å². The summed E-state index contributed by atoms with van der Waals surface area (Å²) in [5, 5.41) is 3.23. The van der Waals surface area contributed by atoms with Crippen LogP contribution in [0.1, 0.15) is 0 Å². The van der Waals surface area contributed by atoms with Crippen LogP contribution in [0.4, 0.5) is 5.69 Å². The van der Waals surface area contributed by atoms with E-state index in [-0.39, 0.29) is 0 Å². The predicted octanol–water partition coefficient (Wildman–Crippen LogP) is 3.34. The Morgan fingerprint density at radius 1 is 1.26 bits per heavy atom. The van der Waals surface area contributed by atoms with Crippen LogP contribution in [0.2, 0.25) is 0 Å². The highest BCUT2D eigenvalue weighted by Gasteiger charge is 1.96. The van der Waals surface area contributed by atoms with Crippen LogP contribution in [0.25, 0.3) is 0 Å². The van der Waals surface area contributed by atoms with E-state index in [9.17, 15) is 0 Å². The molecule has 2 rings (SSSR count). The van der Waals surface area contributed by atoms with Gasteiger partial charge in [0.25, 0.3) is 0 Å². The number of nitrogens with one attached hydrogen (secondary N) is 1. The standard InChI is InChI=1S/C14H15BrN2O2/c1-18-14-6-5-12(10-17-14)16-7-8-19-13-4-2-3-11(15)9-13/h2-6,9-10,16H,7-8H2,1H3. The molecule has 1 heterocycles. The van der Waals surface area contributed by atoms with E-state index in [2.05, 4.69) is 26.2 Å². The van der Waals surface area contributed by atoms with Gasteiger partial charge in [0.15, 0.2) is 0 Å². The van der Waals surface area contributed by atoms with Gasteiger partial charge in [-0.25, -0.2) is 4.98 Å². The fourth-order valence-corrected chi connectivity index (χ4v) is 1.90. The lowest BCUT2D eigenvalue weighted by molar-refractivity contribution is 0.332. The van der Waals surface area contributed by atoms with Gasteiger partial charge >= 0.3 is 0 Å². The van der Waals surface area contributed by atoms with Crippen LogP contribution in [0.15, 0.2) is 47.1 Å². The van der Waals surface area contributed by atoms with Crippen molar-refractivity contribution in [1.82, 2.24) is 4.98 Å². The normalized spacial score (nSPS) is 10.0. The molecule has 100 valence electrons. The predicted molar refractivity (Wildman–Crippen MR) is 78.9 cm³/mol. The average Bonchev–Trinajstić information content (AvgIpc) is 2.44. The molecule has 0 aliphatic heterocycles. The fraction of sp³-hybridized carbons (Fsp3) is 0.214. The van der Waals surface area contributed by atoms with Crippen LogP contribution >= 0.6 is 15.9 Å². The quantitative estimate of drug-likeness (QED) is 0.828. The maximum atomic E-state index is 5.62. The molecule has 5 heteroatoms. The van der Waals surface area contributed by atoms with Crippen LogP contribution < -0.4 is 14.8 Å². The minimum atomic E-state index is 0.586. The van der Waals surface area contributed by atoms with E-state index < -0.39 is 0 Å². The molecule has 0 amide bonds. The number of ether oxygens (including phenoxy) is 2. The summed E-state index contributed by atoms with van der Waals surface area (Å²) in [7, 11) is 1.60. The molecule has 0 aliphatic rings. The van der Waals surface area contributed by atoms with Crippen molar-refractivity contribution < 1.29 is 9.47 Å². The Hall–Kier alpha value is -1.75. The van der Waals surface area contributed by atoms with Gasteiger partial charge < -0.3 is 14.8 Å². The number of pyridine rings is 1. The van der Waals surface area contributed by atoms with Gasteiger partial charge in [0, 0.05) is 17.1 Å². The van der Waals surface area contributed by atoms with E-state index in [1.165, 1.54) is 0 Å². The Kier molecular flexibility index (Phi) is 5.03. The van der Waals surface area contributed by atoms with Crippen molar-refractivity contribution in [1.29, 1.82) is 0 Å². The second-order valence-corrected chi connectivity index (χ2v) is 4.74. The third-order valence-corrected chi connectivity index (χ3v) is 2.93. The van der Waals surface area contributed by atoms with Crippen molar-refractivity contribution in [2.75, 3.05) is 25.6 Å². The Labute approximate surface area is 120 Å². The van der Waals surface area contributed by atoms with Gasteiger partial charge in [0.1, 0.15) is 12.4 Å². The maximum Gasteiger partial charge on any atom is 0.213 e. The monoisotopic (exact) mass is 322 g/mol. The smallest absolute Gasteiger partial charge is 0.213 e. The molecule has 0 spiro atoms. The summed E-state index contributed by atoms with van der Waals surface area (Å²) in [5.41, 5.74) is 0.943. The number of hydrogen-bond donors (Lipinski definition) is 1. The zero-order chi connectivity index (χ0) is 13.5. The summed E-state index contributed by atoms with van der Waals surface area (Å²) in [6.45, 7) is 1.29. The molecule has 0 atom stereocenters. The highest BCUT2D eigenvalue weighted by Crippen LogP contribution is 2.17. The summed E-state index contributed by atoms with van der Waals surface area (Å²) in [5.74, 6) is 1.46. The van der Waals surface area contributed by atoms with Crippen molar-refractivity contribution in [3.05, 3.63) is 47.1 Å². The van der Waals surface area contributed by atoms with Gasteiger partial charge in [0.2, 0.25) is 5.88 Å². The zero-order valence-electron chi connectivity index (χ0n) is 10.6. The second kappa shape index (κ2) is 6.99. The van der Waals surface area contributed by atoms with Gasteiger partial charge in [-0.3, -0.25) is 0 Å². The van der Waals surface area contributed by atoms with E-state index in [1.807, 2.05) is 36.4 Å². The summed E-state index contributed by atoms with van der Waals surface area (Å²) in [6.07, 6.45) is 1.73. The van der Waals surface area contributed by atoms with Gasteiger partial charge in [-0.15, -0.1) is 0 Å². The highest BCUT2D eigenvalue weighted by molar-refractivity contribution is 9.10. The first-order valence-electron chi connectivity index (χ1n) is 5.90. The van der Waals surface area contributed by atoms with Gasteiger partial charge in [-0.1, -0.05) is 22.0 Å². The van der Waals surface area contributed by atoms with Crippen LogP contribution in [0, 0.1) is 0 Å². The van der Waals surface area contributed by atoms with Crippen molar-refractivity contribution in [3.8, 4) is 11.6 Å². The molecule has 0 saturated heterocycles. The summed E-state index contributed by atoms with van der Waals surface area (Å²) >= 11 is 3.41. The van der Waals surface area contributed by atoms with Crippen molar-refractivity contribution in [2.45, 2.75) is 0 Å². The van der Waals surface area contributed by atoms with E-state index in [0.29, 0.717) is 19.0 Å². The first-order valence-corrected chi connectivity index (χ1v) is 6.69. The van der Waals surface area contributed by atoms with Crippen LogP contribution in [-0.4, -0.2) is 25.2 Å². The zero-order valence-corrected chi connectivity index (χ0v) is 12.2. The molecule has 4 nitrogen and oxygen atoms in total. The summed E-state index contributed by atoms with van der Waals surface area (Å²) < 4.78 is 11.6. The molecule has 0 fully saturated rings. The number of rotatable bonds is 6. The van der Waals surface area contributed by atoms with Crippen LogP contribution in [0.5, 0.6) is 11.6 Å². The van der Waals surface area contributed by atoms with Crippen molar-refractivity contribution in [2.24, 2.45) is 0 Å². The first kappa shape index (κ1) is 13.7. The molecule has 19 heavy (non-hydrogen) atoms. The van der Waals surface area contributed by atoms with Gasteiger partial charge in [-0.05, 0) is 24.3 Å². The van der Waals surface area contributed by atoms with Gasteiger partial charge in [-0.2, -0.15) is 0 Å². The molecule has 0 radical (unpaired) electrons. The average molecular weight is 323 g/mol. The van der Waals surface area contributed by atoms with E-state index in [0.717, 1.165) is 15.9 Å². The third-order valence-electron chi connectivity index (χ3n) is 2.44. The molecule has 1 N–H and O–H groups in total. The molecule has 0 bridgehead atoms. The summed E-state index contributed by atoms with van der Waals surface area (Å²) in [4.78, 5) is 4.11. The number of hydrogen-bond acceptors (Lipinski definition) is 4. The van der Waals surface area contributed by atoms with E-state index >= 15 is 0 Å². The van der Waals surface area contributed by atoms with E-state index in [1.54, 1.807) is 13.3 Å². The fourth-order valence-electron chi connectivity index (χ4n) is 1.53. The van der Waals surface area contributed by atoms with Crippen molar-refractivity contribution in [3.63, 3.8) is 0 Å². The van der Waals surface area contributed by atoms with Crippen molar-refractivity contribution >= 4 is 21.6 Å². The number of benzene rings is 1. The molecule has 1 aromatic heterocycles. The Bertz CT molecular complexity index is 517. The highest BCUT2D eigenvalue weighted by atomic mass is 79.9. The second-order valence-electron chi connectivity index (χ2n) is 3.82. The Morgan fingerprint density at radius 2 is 2.16 bits per heavy atom. The molecule has 0 aliphatic carbocycles. The lowest BCUT2D eigenvalue weighted by atomic mass is 10.3. The Balaban J connectivity index is 1.74. The minimum absolute atomic E-state index is 0.586.